The van der Waals surface area contributed by atoms with Crippen LogP contribution < -0.4 is 0 Å². The highest BCUT2D eigenvalue weighted by Crippen LogP contribution is 2.29. The number of ketones is 3. The van der Waals surface area contributed by atoms with Crippen molar-refractivity contribution >= 4 is 44.9 Å². The third kappa shape index (κ3) is 3.77. The maximum atomic E-state index is 12.9. The molecule has 0 aliphatic heterocycles. The second kappa shape index (κ2) is 7.91. The molecule has 0 saturated carbocycles. The van der Waals surface area contributed by atoms with Gasteiger partial charge in [0.05, 0.1) is 7.11 Å². The zero-order valence-corrected chi connectivity index (χ0v) is 14.9. The maximum Gasteiger partial charge on any atom is 0.382 e. The molecule has 0 heterocycles. The molecule has 0 spiro atoms. The third-order valence-corrected chi connectivity index (χ3v) is 4.48. The van der Waals surface area contributed by atoms with E-state index in [0.717, 1.165) is 28.7 Å². The highest BCUT2D eigenvalue weighted by molar-refractivity contribution is 6.62. The summed E-state index contributed by atoms with van der Waals surface area (Å²) in [5.74, 6) is -3.29. The molecule has 0 bridgehead atoms. The topological polar surface area (TPSA) is 77.5 Å². The van der Waals surface area contributed by atoms with Crippen LogP contribution in [0.2, 0.25) is 0 Å². The lowest BCUT2D eigenvalue weighted by atomic mass is 9.92. The van der Waals surface area contributed by atoms with Crippen LogP contribution in [0.1, 0.15) is 29.6 Å². The van der Waals surface area contributed by atoms with Crippen LogP contribution in [0.15, 0.2) is 54.6 Å². The molecule has 5 nitrogen and oxygen atoms in total. The van der Waals surface area contributed by atoms with Gasteiger partial charge >= 0.3 is 11.8 Å². The van der Waals surface area contributed by atoms with Gasteiger partial charge in [-0.1, -0.05) is 48.5 Å². The second-order valence-corrected chi connectivity index (χ2v) is 6.21. The smallest absolute Gasteiger partial charge is 0.382 e. The standard InChI is InChI=1S/C22H18O5/c1-27-22(26)21(25)19(24)12-6-11-18(23)20-16-9-4-2-7-14(16)13-15-8-3-5-10-17(15)20/h2-5,7-10,13H,6,11-12H2,1H3. The van der Waals surface area contributed by atoms with E-state index in [-0.39, 0.29) is 25.0 Å². The number of esters is 1. The molecule has 5 heteroatoms. The van der Waals surface area contributed by atoms with Crippen LogP contribution >= 0.6 is 0 Å². The van der Waals surface area contributed by atoms with E-state index >= 15 is 0 Å². The summed E-state index contributed by atoms with van der Waals surface area (Å²) in [5.41, 5.74) is 0.621. The summed E-state index contributed by atoms with van der Waals surface area (Å²) < 4.78 is 4.25. The first kappa shape index (κ1) is 18.5. The van der Waals surface area contributed by atoms with Crippen LogP contribution in [0.25, 0.3) is 21.5 Å². The predicted octanol–water partition coefficient (Wildman–Crippen LogP) is 3.66. The SMILES string of the molecule is COC(=O)C(=O)C(=O)CCCC(=O)c1c2ccccc2cc2ccccc12. The lowest BCUT2D eigenvalue weighted by Gasteiger charge is -2.10. The second-order valence-electron chi connectivity index (χ2n) is 6.21. The van der Waals surface area contributed by atoms with Crippen LogP contribution in [-0.2, 0) is 19.1 Å². The lowest BCUT2D eigenvalue weighted by Crippen LogP contribution is -2.24. The fourth-order valence-corrected chi connectivity index (χ4v) is 3.17. The highest BCUT2D eigenvalue weighted by Gasteiger charge is 2.23. The van der Waals surface area contributed by atoms with Crippen molar-refractivity contribution in [2.45, 2.75) is 19.3 Å². The van der Waals surface area contributed by atoms with Gasteiger partial charge in [0.2, 0.25) is 5.78 Å². The van der Waals surface area contributed by atoms with Gasteiger partial charge in [0, 0.05) is 18.4 Å². The number of hydrogen-bond donors (Lipinski definition) is 0. The molecule has 27 heavy (non-hydrogen) atoms. The summed E-state index contributed by atoms with van der Waals surface area (Å²) in [4.78, 5) is 47.2. The molecule has 0 radical (unpaired) electrons. The van der Waals surface area contributed by atoms with Gasteiger partial charge in [0.15, 0.2) is 5.78 Å². The monoisotopic (exact) mass is 362 g/mol. The number of carbonyl (C=O) groups excluding carboxylic acids is 4. The fourth-order valence-electron chi connectivity index (χ4n) is 3.17. The van der Waals surface area contributed by atoms with Crippen molar-refractivity contribution in [1.82, 2.24) is 0 Å². The summed E-state index contributed by atoms with van der Waals surface area (Å²) in [6.07, 6.45) is 0.137. The maximum absolute atomic E-state index is 12.9. The molecule has 0 atom stereocenters. The van der Waals surface area contributed by atoms with Gasteiger partial charge in [-0.3, -0.25) is 14.4 Å². The number of ether oxygens (including phenoxy) is 1. The van der Waals surface area contributed by atoms with Gasteiger partial charge in [-0.2, -0.15) is 0 Å². The Bertz CT molecular complexity index is 1010. The number of Topliss-reactive ketones (excluding diaryl/α,β-unsaturated/α-hetero) is 3. The van der Waals surface area contributed by atoms with Crippen LogP contribution in [0.3, 0.4) is 0 Å². The molecular weight excluding hydrogens is 344 g/mol. The van der Waals surface area contributed by atoms with E-state index in [1.165, 1.54) is 0 Å². The Morgan fingerprint density at radius 1 is 0.815 bits per heavy atom. The van der Waals surface area contributed by atoms with E-state index in [2.05, 4.69) is 4.74 Å². The van der Waals surface area contributed by atoms with E-state index in [1.807, 2.05) is 54.6 Å². The van der Waals surface area contributed by atoms with E-state index in [4.69, 9.17) is 0 Å². The molecule has 3 aromatic rings. The van der Waals surface area contributed by atoms with Crippen molar-refractivity contribution in [1.29, 1.82) is 0 Å². The largest absolute Gasteiger partial charge is 0.463 e. The molecular formula is C22H18O5. The minimum absolute atomic E-state index is 0.0960. The van der Waals surface area contributed by atoms with Crippen molar-refractivity contribution in [2.75, 3.05) is 7.11 Å². The van der Waals surface area contributed by atoms with E-state index in [0.29, 0.717) is 5.56 Å². The molecule has 3 aromatic carbocycles. The Hall–Kier alpha value is -3.34. The molecule has 0 aliphatic rings. The molecule has 0 amide bonds. The van der Waals surface area contributed by atoms with Crippen LogP contribution in [0.5, 0.6) is 0 Å². The van der Waals surface area contributed by atoms with Crippen molar-refractivity contribution < 1.29 is 23.9 Å². The zero-order valence-electron chi connectivity index (χ0n) is 14.9. The Balaban J connectivity index is 1.84. The van der Waals surface area contributed by atoms with E-state index < -0.39 is 17.5 Å². The molecule has 136 valence electrons. The average molecular weight is 362 g/mol. The Morgan fingerprint density at radius 2 is 1.37 bits per heavy atom. The summed E-state index contributed by atoms with van der Waals surface area (Å²) >= 11 is 0. The lowest BCUT2D eigenvalue weighted by molar-refractivity contribution is -0.155. The summed E-state index contributed by atoms with van der Waals surface area (Å²) in [6, 6.07) is 17.4. The fraction of sp³-hybridized carbons (Fsp3) is 0.182. The quantitative estimate of drug-likeness (QED) is 0.211. The van der Waals surface area contributed by atoms with E-state index in [1.54, 1.807) is 0 Å². The molecule has 0 unspecified atom stereocenters. The number of benzene rings is 3. The van der Waals surface area contributed by atoms with Gasteiger partial charge in [-0.05, 0) is 34.0 Å². The van der Waals surface area contributed by atoms with Crippen LogP contribution in [0.4, 0.5) is 0 Å². The van der Waals surface area contributed by atoms with Crippen molar-refractivity contribution in [3.8, 4) is 0 Å². The van der Waals surface area contributed by atoms with Crippen LogP contribution in [0, 0.1) is 0 Å². The summed E-state index contributed by atoms with van der Waals surface area (Å²) in [6.45, 7) is 0. The zero-order chi connectivity index (χ0) is 19.4. The summed E-state index contributed by atoms with van der Waals surface area (Å²) in [5, 5.41) is 3.66. The number of methoxy groups -OCH3 is 1. The predicted molar refractivity (Wildman–Crippen MR) is 102 cm³/mol. The first-order valence-corrected chi connectivity index (χ1v) is 8.62. The first-order chi connectivity index (χ1) is 13.0. The Labute approximate surface area is 155 Å². The Morgan fingerprint density at radius 3 is 1.93 bits per heavy atom. The third-order valence-electron chi connectivity index (χ3n) is 4.48. The van der Waals surface area contributed by atoms with Gasteiger partial charge < -0.3 is 4.74 Å². The van der Waals surface area contributed by atoms with Crippen LogP contribution in [-0.4, -0.2) is 30.4 Å². The minimum atomic E-state index is -1.18. The van der Waals surface area contributed by atoms with E-state index in [9.17, 15) is 19.2 Å². The van der Waals surface area contributed by atoms with Gasteiger partial charge in [0.1, 0.15) is 0 Å². The highest BCUT2D eigenvalue weighted by atomic mass is 16.5. The average Bonchev–Trinajstić information content (AvgIpc) is 2.70. The molecule has 3 rings (SSSR count). The van der Waals surface area contributed by atoms with Gasteiger partial charge in [-0.15, -0.1) is 0 Å². The van der Waals surface area contributed by atoms with Gasteiger partial charge in [-0.25, -0.2) is 4.79 Å². The molecule has 0 N–H and O–H groups in total. The molecule has 0 fully saturated rings. The molecule has 0 saturated heterocycles. The first-order valence-electron chi connectivity index (χ1n) is 8.62. The normalized spacial score (nSPS) is 10.7. The summed E-state index contributed by atoms with van der Waals surface area (Å²) in [7, 11) is 1.04. The number of carbonyl (C=O) groups is 4. The minimum Gasteiger partial charge on any atom is -0.463 e. The van der Waals surface area contributed by atoms with Crippen molar-refractivity contribution in [3.63, 3.8) is 0 Å². The van der Waals surface area contributed by atoms with Gasteiger partial charge in [0.25, 0.3) is 0 Å². The Kier molecular flexibility index (Phi) is 5.41. The number of hydrogen-bond acceptors (Lipinski definition) is 5. The number of rotatable bonds is 7. The van der Waals surface area contributed by atoms with Crippen molar-refractivity contribution in [3.05, 3.63) is 60.2 Å². The molecule has 0 aliphatic carbocycles. The number of fused-ring (bicyclic) bond motifs is 2. The molecule has 0 aromatic heterocycles. The van der Waals surface area contributed by atoms with Crippen molar-refractivity contribution in [2.24, 2.45) is 0 Å².